The molecule has 1 N–H and O–H groups in total. The number of thiazole rings is 1. The van der Waals surface area contributed by atoms with Crippen molar-refractivity contribution >= 4 is 27.8 Å². The van der Waals surface area contributed by atoms with Gasteiger partial charge < -0.3 is 10.0 Å². The van der Waals surface area contributed by atoms with Crippen LogP contribution in [0, 0.1) is 0 Å². The highest BCUT2D eigenvalue weighted by atomic mass is 32.1. The number of anilines is 1. The number of thiophene rings is 1. The monoisotopic (exact) mass is 316 g/mol. The lowest BCUT2D eigenvalue weighted by Crippen LogP contribution is -2.15. The molecule has 0 aliphatic carbocycles. The van der Waals surface area contributed by atoms with Gasteiger partial charge in [-0.15, -0.1) is 11.3 Å². The van der Waals surface area contributed by atoms with E-state index in [9.17, 15) is 5.11 Å². The fourth-order valence-corrected chi connectivity index (χ4v) is 3.79. The van der Waals surface area contributed by atoms with E-state index in [2.05, 4.69) is 22.4 Å². The Morgan fingerprint density at radius 2 is 1.95 bits per heavy atom. The second-order valence-electron chi connectivity index (χ2n) is 4.73. The minimum absolute atomic E-state index is 0.0226. The van der Waals surface area contributed by atoms with E-state index < -0.39 is 0 Å². The first-order valence-corrected chi connectivity index (χ1v) is 8.37. The molecule has 0 saturated carbocycles. The summed E-state index contributed by atoms with van der Waals surface area (Å²) in [5.74, 6) is 0. The number of aromatic nitrogens is 1. The van der Waals surface area contributed by atoms with Crippen LogP contribution >= 0.6 is 22.7 Å². The molecule has 21 heavy (non-hydrogen) atoms. The number of rotatable bonds is 5. The van der Waals surface area contributed by atoms with Gasteiger partial charge in [-0.2, -0.15) is 0 Å². The van der Waals surface area contributed by atoms with E-state index in [-0.39, 0.29) is 6.61 Å². The number of benzene rings is 1. The van der Waals surface area contributed by atoms with Crippen molar-refractivity contribution in [2.75, 3.05) is 11.9 Å². The molecule has 0 aliphatic rings. The van der Waals surface area contributed by atoms with Gasteiger partial charge in [-0.05, 0) is 11.4 Å². The Labute approximate surface area is 132 Å². The first-order chi connectivity index (χ1) is 10.3. The van der Waals surface area contributed by atoms with Crippen LogP contribution in [0.2, 0.25) is 0 Å². The van der Waals surface area contributed by atoms with Gasteiger partial charge in [0, 0.05) is 17.5 Å². The molecular formula is C16H16N2OS2. The van der Waals surface area contributed by atoms with Crippen molar-refractivity contribution in [3.05, 3.63) is 57.6 Å². The molecule has 0 radical (unpaired) electrons. The van der Waals surface area contributed by atoms with E-state index in [0.717, 1.165) is 27.8 Å². The van der Waals surface area contributed by atoms with E-state index in [1.54, 1.807) is 22.7 Å². The lowest BCUT2D eigenvalue weighted by atomic mass is 10.1. The highest BCUT2D eigenvalue weighted by Gasteiger charge is 2.15. The molecule has 0 fully saturated rings. The predicted octanol–water partition coefficient (Wildman–Crippen LogP) is 4.00. The molecule has 3 nitrogen and oxygen atoms in total. The van der Waals surface area contributed by atoms with Crippen molar-refractivity contribution in [3.8, 4) is 11.3 Å². The second-order valence-corrected chi connectivity index (χ2v) is 6.82. The topological polar surface area (TPSA) is 36.4 Å². The zero-order chi connectivity index (χ0) is 14.7. The van der Waals surface area contributed by atoms with Crippen LogP contribution in [-0.4, -0.2) is 17.1 Å². The maximum absolute atomic E-state index is 9.59. The molecule has 3 aromatic rings. The molecule has 0 saturated heterocycles. The fraction of sp³-hybridized carbons (Fsp3) is 0.188. The SMILES string of the molecule is CN(Cc1cccs1)c1nc(-c2ccccc2)c(CO)s1. The van der Waals surface area contributed by atoms with Gasteiger partial charge in [-0.1, -0.05) is 47.7 Å². The van der Waals surface area contributed by atoms with Gasteiger partial charge in [0.2, 0.25) is 0 Å². The van der Waals surface area contributed by atoms with Crippen molar-refractivity contribution in [2.45, 2.75) is 13.2 Å². The van der Waals surface area contributed by atoms with Crippen LogP contribution in [0.5, 0.6) is 0 Å². The van der Waals surface area contributed by atoms with Crippen LogP contribution < -0.4 is 4.90 Å². The molecule has 5 heteroatoms. The number of aliphatic hydroxyl groups excluding tert-OH is 1. The fourth-order valence-electron chi connectivity index (χ4n) is 2.14. The highest BCUT2D eigenvalue weighted by molar-refractivity contribution is 7.16. The van der Waals surface area contributed by atoms with Crippen LogP contribution in [0.1, 0.15) is 9.75 Å². The summed E-state index contributed by atoms with van der Waals surface area (Å²) in [5, 5.41) is 12.6. The summed E-state index contributed by atoms with van der Waals surface area (Å²) in [6.07, 6.45) is 0. The van der Waals surface area contributed by atoms with E-state index in [0.29, 0.717) is 0 Å². The number of hydrogen-bond donors (Lipinski definition) is 1. The Kier molecular flexibility index (Phi) is 4.34. The Morgan fingerprint density at radius 3 is 2.62 bits per heavy atom. The summed E-state index contributed by atoms with van der Waals surface area (Å²) in [4.78, 5) is 9.06. The summed E-state index contributed by atoms with van der Waals surface area (Å²) >= 11 is 3.30. The third-order valence-corrected chi connectivity index (χ3v) is 5.19. The van der Waals surface area contributed by atoms with Crippen molar-refractivity contribution in [1.82, 2.24) is 4.98 Å². The molecule has 0 unspecified atom stereocenters. The van der Waals surface area contributed by atoms with Gasteiger partial charge in [0.25, 0.3) is 0 Å². The average molecular weight is 316 g/mol. The highest BCUT2D eigenvalue weighted by Crippen LogP contribution is 2.33. The maximum atomic E-state index is 9.59. The molecular weight excluding hydrogens is 300 g/mol. The zero-order valence-electron chi connectivity index (χ0n) is 11.7. The van der Waals surface area contributed by atoms with Crippen molar-refractivity contribution in [2.24, 2.45) is 0 Å². The van der Waals surface area contributed by atoms with Crippen molar-refractivity contribution < 1.29 is 5.11 Å². The molecule has 0 spiro atoms. The first kappa shape index (κ1) is 14.3. The summed E-state index contributed by atoms with van der Waals surface area (Å²) < 4.78 is 0. The first-order valence-electron chi connectivity index (χ1n) is 6.67. The Bertz CT molecular complexity index is 692. The smallest absolute Gasteiger partial charge is 0.186 e. The molecule has 2 heterocycles. The minimum atomic E-state index is 0.0226. The van der Waals surface area contributed by atoms with Gasteiger partial charge in [-0.3, -0.25) is 0 Å². The molecule has 108 valence electrons. The molecule has 0 atom stereocenters. The molecule has 0 amide bonds. The quantitative estimate of drug-likeness (QED) is 0.773. The summed E-state index contributed by atoms with van der Waals surface area (Å²) in [6, 6.07) is 14.2. The molecule has 0 aliphatic heterocycles. The van der Waals surface area contributed by atoms with E-state index >= 15 is 0 Å². The summed E-state index contributed by atoms with van der Waals surface area (Å²) in [7, 11) is 2.04. The van der Waals surface area contributed by atoms with Gasteiger partial charge >= 0.3 is 0 Å². The molecule has 1 aromatic carbocycles. The standard InChI is InChI=1S/C16H16N2OS2/c1-18(10-13-8-5-9-20-13)16-17-15(14(11-19)21-16)12-6-3-2-4-7-12/h2-9,19H,10-11H2,1H3. The van der Waals surface area contributed by atoms with Gasteiger partial charge in [0.15, 0.2) is 5.13 Å². The van der Waals surface area contributed by atoms with Crippen molar-refractivity contribution in [1.29, 1.82) is 0 Å². The molecule has 3 rings (SSSR count). The van der Waals surface area contributed by atoms with Crippen LogP contribution in [-0.2, 0) is 13.2 Å². The van der Waals surface area contributed by atoms with E-state index in [1.165, 1.54) is 4.88 Å². The third kappa shape index (κ3) is 3.15. The number of nitrogens with zero attached hydrogens (tertiary/aromatic N) is 2. The van der Waals surface area contributed by atoms with Gasteiger partial charge in [0.1, 0.15) is 0 Å². The Hall–Kier alpha value is -1.69. The lowest BCUT2D eigenvalue weighted by Gasteiger charge is -2.14. The van der Waals surface area contributed by atoms with E-state index in [1.807, 2.05) is 37.4 Å². The molecule has 0 bridgehead atoms. The van der Waals surface area contributed by atoms with Crippen LogP contribution in [0.4, 0.5) is 5.13 Å². The number of aliphatic hydroxyl groups is 1. The van der Waals surface area contributed by atoms with Crippen LogP contribution in [0.3, 0.4) is 0 Å². The Balaban J connectivity index is 1.89. The van der Waals surface area contributed by atoms with Crippen LogP contribution in [0.25, 0.3) is 11.3 Å². The van der Waals surface area contributed by atoms with E-state index in [4.69, 9.17) is 4.98 Å². The minimum Gasteiger partial charge on any atom is -0.391 e. The molecule has 2 aromatic heterocycles. The lowest BCUT2D eigenvalue weighted by molar-refractivity contribution is 0.286. The second kappa shape index (κ2) is 6.39. The predicted molar refractivity (Wildman–Crippen MR) is 89.9 cm³/mol. The Morgan fingerprint density at radius 1 is 1.14 bits per heavy atom. The van der Waals surface area contributed by atoms with Gasteiger partial charge in [-0.25, -0.2) is 4.98 Å². The normalized spacial score (nSPS) is 10.8. The average Bonchev–Trinajstić information content (AvgIpc) is 3.17. The van der Waals surface area contributed by atoms with Gasteiger partial charge in [0.05, 0.1) is 23.7 Å². The summed E-state index contributed by atoms with van der Waals surface area (Å²) in [6.45, 7) is 0.860. The summed E-state index contributed by atoms with van der Waals surface area (Å²) in [5.41, 5.74) is 1.93. The number of hydrogen-bond acceptors (Lipinski definition) is 5. The van der Waals surface area contributed by atoms with Crippen molar-refractivity contribution in [3.63, 3.8) is 0 Å². The maximum Gasteiger partial charge on any atom is 0.186 e. The third-order valence-electron chi connectivity index (χ3n) is 3.18. The zero-order valence-corrected chi connectivity index (χ0v) is 13.3. The largest absolute Gasteiger partial charge is 0.391 e. The van der Waals surface area contributed by atoms with Crippen LogP contribution in [0.15, 0.2) is 47.8 Å².